The van der Waals surface area contributed by atoms with Crippen LogP contribution >= 0.6 is 0 Å². The molecule has 0 spiro atoms. The zero-order chi connectivity index (χ0) is 22.5. The summed E-state index contributed by atoms with van der Waals surface area (Å²) in [5.41, 5.74) is 3.26. The largest absolute Gasteiger partial charge is 0.498 e. The molecule has 1 fully saturated rings. The van der Waals surface area contributed by atoms with Gasteiger partial charge in [0.15, 0.2) is 0 Å². The van der Waals surface area contributed by atoms with E-state index in [2.05, 4.69) is 81.3 Å². The number of methoxy groups -OCH3 is 1. The summed E-state index contributed by atoms with van der Waals surface area (Å²) in [6.45, 7) is 15.0. The molecule has 158 valence electrons. The average Bonchev–Trinajstić information content (AvgIpc) is 2.87. The van der Waals surface area contributed by atoms with Crippen molar-refractivity contribution in [3.05, 3.63) is 42.1 Å². The third-order valence-electron chi connectivity index (χ3n) is 7.39. The summed E-state index contributed by atoms with van der Waals surface area (Å²) < 4.78 is 18.4. The number of ether oxygens (including phenoxy) is 1. The number of aromatic nitrogens is 1. The van der Waals surface area contributed by atoms with E-state index in [4.69, 9.17) is 14.0 Å². The van der Waals surface area contributed by atoms with E-state index < -0.39 is 18.3 Å². The van der Waals surface area contributed by atoms with Gasteiger partial charge in [0.05, 0.1) is 24.0 Å². The maximum atomic E-state index is 6.28. The van der Waals surface area contributed by atoms with E-state index in [1.165, 1.54) is 5.56 Å². The van der Waals surface area contributed by atoms with E-state index in [0.717, 1.165) is 22.5 Å². The molecule has 2 heterocycles. The number of hydrogen-bond acceptors (Lipinski definition) is 4. The second kappa shape index (κ2) is 7.46. The van der Waals surface area contributed by atoms with Crippen LogP contribution in [0, 0.1) is 5.41 Å². The molecular weight excluding hydrogens is 371 g/mol. The SMILES string of the molecule is BC(B)(c1ccnc(-c2cccc(B3OC(C)(C)C(C)(C)O3)c2OC)c1)C(C)(C)C. The highest BCUT2D eigenvalue weighted by Gasteiger charge is 2.52. The fourth-order valence-corrected chi connectivity index (χ4v) is 3.54. The molecule has 1 aromatic carbocycles. The summed E-state index contributed by atoms with van der Waals surface area (Å²) in [5.74, 6) is 0.745. The third kappa shape index (κ3) is 3.82. The van der Waals surface area contributed by atoms with Crippen LogP contribution in [0.5, 0.6) is 5.75 Å². The van der Waals surface area contributed by atoms with Crippen LogP contribution < -0.4 is 10.2 Å². The van der Waals surface area contributed by atoms with Crippen molar-refractivity contribution in [1.29, 1.82) is 0 Å². The smallest absolute Gasteiger partial charge is 0.496 e. The van der Waals surface area contributed by atoms with E-state index >= 15 is 0 Å². The van der Waals surface area contributed by atoms with Gasteiger partial charge in [-0.05, 0) is 51.3 Å². The molecule has 0 amide bonds. The number of pyridine rings is 1. The molecule has 1 aliphatic rings. The van der Waals surface area contributed by atoms with Gasteiger partial charge >= 0.3 is 7.12 Å². The Morgan fingerprint density at radius 3 is 2.13 bits per heavy atom. The van der Waals surface area contributed by atoms with Crippen LogP contribution in [0.1, 0.15) is 54.0 Å². The summed E-state index contributed by atoms with van der Waals surface area (Å²) in [4.78, 5) is 4.68. The summed E-state index contributed by atoms with van der Waals surface area (Å²) >= 11 is 0. The van der Waals surface area contributed by atoms with Gasteiger partial charge in [0.1, 0.15) is 21.4 Å². The zero-order valence-corrected chi connectivity index (χ0v) is 20.2. The van der Waals surface area contributed by atoms with Crippen molar-refractivity contribution in [1.82, 2.24) is 4.98 Å². The Morgan fingerprint density at radius 1 is 1.00 bits per heavy atom. The molecule has 1 saturated heterocycles. The predicted octanol–water partition coefficient (Wildman–Crippen LogP) is 2.52. The van der Waals surface area contributed by atoms with Gasteiger partial charge in [-0.2, -0.15) is 0 Å². The highest BCUT2D eigenvalue weighted by Crippen LogP contribution is 2.40. The first-order valence-corrected chi connectivity index (χ1v) is 10.7. The second-order valence-corrected chi connectivity index (χ2v) is 10.8. The minimum atomic E-state index is -0.487. The molecule has 0 unspecified atom stereocenters. The highest BCUT2D eigenvalue weighted by molar-refractivity contribution is 6.63. The fraction of sp³-hybridized carbons (Fsp3) is 0.522. The lowest BCUT2D eigenvalue weighted by molar-refractivity contribution is 0.00578. The maximum absolute atomic E-state index is 6.28. The first-order chi connectivity index (χ1) is 13.7. The first-order valence-electron chi connectivity index (χ1n) is 10.7. The number of hydrogen-bond donors (Lipinski definition) is 0. The topological polar surface area (TPSA) is 40.6 Å². The molecule has 2 aromatic rings. The van der Waals surface area contributed by atoms with Crippen LogP contribution in [-0.4, -0.2) is 46.1 Å². The van der Waals surface area contributed by atoms with Crippen LogP contribution in [0.25, 0.3) is 11.3 Å². The lowest BCUT2D eigenvalue weighted by atomic mass is 9.41. The van der Waals surface area contributed by atoms with Crippen LogP contribution in [-0.2, 0) is 14.5 Å². The van der Waals surface area contributed by atoms with Crippen molar-refractivity contribution in [2.75, 3.05) is 7.11 Å². The van der Waals surface area contributed by atoms with Crippen LogP contribution in [0.4, 0.5) is 0 Å². The van der Waals surface area contributed by atoms with Crippen LogP contribution in [0.2, 0.25) is 0 Å². The molecule has 7 heteroatoms. The molecule has 4 nitrogen and oxygen atoms in total. The third-order valence-corrected chi connectivity index (χ3v) is 7.39. The fourth-order valence-electron chi connectivity index (χ4n) is 3.54. The van der Waals surface area contributed by atoms with Gasteiger partial charge in [-0.3, -0.25) is 4.98 Å². The molecular formula is C23H34B3NO3. The molecule has 0 atom stereocenters. The monoisotopic (exact) mass is 405 g/mol. The van der Waals surface area contributed by atoms with Gasteiger partial charge in [0.2, 0.25) is 0 Å². The van der Waals surface area contributed by atoms with E-state index in [1.807, 2.05) is 24.4 Å². The summed E-state index contributed by atoms with van der Waals surface area (Å²) in [6.07, 6.45) is 1.89. The maximum Gasteiger partial charge on any atom is 0.498 e. The quantitative estimate of drug-likeness (QED) is 0.734. The Morgan fingerprint density at radius 2 is 1.60 bits per heavy atom. The molecule has 0 saturated carbocycles. The lowest BCUT2D eigenvalue weighted by Gasteiger charge is -2.40. The lowest BCUT2D eigenvalue weighted by Crippen LogP contribution is -2.41. The van der Waals surface area contributed by atoms with Crippen molar-refractivity contribution in [2.45, 2.75) is 64.9 Å². The first kappa shape index (κ1) is 23.0. The molecule has 0 bridgehead atoms. The van der Waals surface area contributed by atoms with Gasteiger partial charge in [0, 0.05) is 17.2 Å². The number of benzene rings is 1. The summed E-state index contributed by atoms with van der Waals surface area (Å²) in [5, 5.41) is -0.0126. The van der Waals surface area contributed by atoms with Crippen molar-refractivity contribution in [3.8, 4) is 17.0 Å². The van der Waals surface area contributed by atoms with E-state index in [1.54, 1.807) is 7.11 Å². The molecule has 0 radical (unpaired) electrons. The van der Waals surface area contributed by atoms with E-state index in [9.17, 15) is 0 Å². The van der Waals surface area contributed by atoms with Crippen LogP contribution in [0.15, 0.2) is 36.5 Å². The second-order valence-electron chi connectivity index (χ2n) is 10.8. The van der Waals surface area contributed by atoms with Crippen molar-refractivity contribution >= 4 is 28.3 Å². The van der Waals surface area contributed by atoms with Crippen molar-refractivity contribution in [2.24, 2.45) is 5.41 Å². The standard InChI is InChI=1S/C23H34B3NO3/c1-20(2,3)23(24,25)15-12-13-27-18(14-15)16-10-9-11-17(19(16)28-8)26-29-21(4,5)22(6,7)30-26/h9-14H,24-25H2,1-8H3. The Kier molecular flexibility index (Phi) is 5.71. The number of para-hydroxylation sites is 1. The van der Waals surface area contributed by atoms with E-state index in [0.29, 0.717) is 0 Å². The molecule has 0 aliphatic carbocycles. The zero-order valence-electron chi connectivity index (χ0n) is 20.2. The van der Waals surface area contributed by atoms with Crippen LogP contribution in [0.3, 0.4) is 0 Å². The molecule has 30 heavy (non-hydrogen) atoms. The Balaban J connectivity index is 2.08. The molecule has 0 N–H and O–H groups in total. The summed E-state index contributed by atoms with van der Waals surface area (Å²) in [6, 6.07) is 10.4. The van der Waals surface area contributed by atoms with E-state index in [-0.39, 0.29) is 10.6 Å². The van der Waals surface area contributed by atoms with Gasteiger partial charge in [-0.25, -0.2) is 0 Å². The molecule has 1 aromatic heterocycles. The summed E-state index contributed by atoms with van der Waals surface area (Å²) in [7, 11) is 5.77. The van der Waals surface area contributed by atoms with Gasteiger partial charge in [0.25, 0.3) is 0 Å². The highest BCUT2D eigenvalue weighted by atomic mass is 16.7. The number of nitrogens with zero attached hydrogens (tertiary/aromatic N) is 1. The van der Waals surface area contributed by atoms with Gasteiger partial charge in [-0.15, -0.1) is 0 Å². The van der Waals surface area contributed by atoms with Crippen molar-refractivity contribution in [3.63, 3.8) is 0 Å². The number of rotatable bonds is 4. The Labute approximate surface area is 184 Å². The predicted molar refractivity (Wildman–Crippen MR) is 130 cm³/mol. The molecule has 1 aliphatic heterocycles. The molecule has 3 rings (SSSR count). The van der Waals surface area contributed by atoms with Gasteiger partial charge in [-0.1, -0.05) is 43.7 Å². The van der Waals surface area contributed by atoms with Crippen molar-refractivity contribution < 1.29 is 14.0 Å². The Hall–Kier alpha value is -1.72. The Bertz CT molecular complexity index is 920. The minimum Gasteiger partial charge on any atom is -0.496 e. The normalized spacial score (nSPS) is 18.5. The average molecular weight is 405 g/mol. The van der Waals surface area contributed by atoms with Gasteiger partial charge < -0.3 is 14.0 Å². The minimum absolute atomic E-state index is 0.0126.